The van der Waals surface area contributed by atoms with E-state index in [1.807, 2.05) is 0 Å². The zero-order valence-corrected chi connectivity index (χ0v) is 9.53. The van der Waals surface area contributed by atoms with Crippen LogP contribution in [0.1, 0.15) is 36.8 Å². The van der Waals surface area contributed by atoms with E-state index in [2.05, 4.69) is 25.1 Å². The number of carbonyl (C=O) groups excluding carboxylic acids is 1. The fourth-order valence-electron chi connectivity index (χ4n) is 2.89. The number of hydrogen-bond donors (Lipinski definition) is 0. The minimum absolute atomic E-state index is 0.195. The van der Waals surface area contributed by atoms with Gasteiger partial charge >= 0.3 is 0 Å². The fourth-order valence-corrected chi connectivity index (χ4v) is 2.89. The molecule has 1 aliphatic heterocycles. The summed E-state index contributed by atoms with van der Waals surface area (Å²) in [7, 11) is 0. The molecule has 0 amide bonds. The molecule has 84 valence electrons. The molecule has 2 atom stereocenters. The Labute approximate surface area is 95.6 Å². The van der Waals surface area contributed by atoms with E-state index in [9.17, 15) is 4.79 Å². The van der Waals surface area contributed by atoms with Gasteiger partial charge in [0.15, 0.2) is 0 Å². The smallest absolute Gasteiger partial charge is 0.136 e. The zero-order chi connectivity index (χ0) is 11.1. The summed E-state index contributed by atoms with van der Waals surface area (Å²) in [5.74, 6) is 2.07. The topological polar surface area (TPSA) is 26.3 Å². The molecule has 0 spiro atoms. The third-order valence-corrected chi connectivity index (χ3v) is 3.95. The second-order valence-electron chi connectivity index (χ2n) is 4.87. The van der Waals surface area contributed by atoms with Crippen LogP contribution in [0.5, 0.6) is 5.75 Å². The summed E-state index contributed by atoms with van der Waals surface area (Å²) in [4.78, 5) is 11.6. The normalized spacial score (nSPS) is 27.9. The van der Waals surface area contributed by atoms with Crippen LogP contribution < -0.4 is 4.74 Å². The van der Waals surface area contributed by atoms with Crippen molar-refractivity contribution < 1.29 is 9.53 Å². The van der Waals surface area contributed by atoms with Crippen molar-refractivity contribution in [1.82, 2.24) is 0 Å². The molecule has 1 aliphatic carbocycles. The Morgan fingerprint density at radius 3 is 2.94 bits per heavy atom. The van der Waals surface area contributed by atoms with Crippen LogP contribution in [0.3, 0.4) is 0 Å². The van der Waals surface area contributed by atoms with E-state index in [4.69, 9.17) is 4.74 Å². The third kappa shape index (κ3) is 1.44. The maximum Gasteiger partial charge on any atom is 0.136 e. The lowest BCUT2D eigenvalue weighted by molar-refractivity contribution is -0.120. The van der Waals surface area contributed by atoms with Crippen molar-refractivity contribution in [3.8, 4) is 5.75 Å². The van der Waals surface area contributed by atoms with Crippen molar-refractivity contribution in [2.75, 3.05) is 6.61 Å². The lowest BCUT2D eigenvalue weighted by Gasteiger charge is -2.15. The molecule has 1 fully saturated rings. The Hall–Kier alpha value is -1.31. The first kappa shape index (κ1) is 9.88. The highest BCUT2D eigenvalue weighted by molar-refractivity contribution is 5.84. The molecule has 0 N–H and O–H groups in total. The second-order valence-corrected chi connectivity index (χ2v) is 4.87. The van der Waals surface area contributed by atoms with Gasteiger partial charge < -0.3 is 4.74 Å². The summed E-state index contributed by atoms with van der Waals surface area (Å²) in [5, 5.41) is 0. The number of fused-ring (bicyclic) bond motifs is 1. The van der Waals surface area contributed by atoms with Crippen molar-refractivity contribution in [3.63, 3.8) is 0 Å². The van der Waals surface area contributed by atoms with Crippen LogP contribution in [-0.2, 0) is 11.2 Å². The minimum Gasteiger partial charge on any atom is -0.493 e. The van der Waals surface area contributed by atoms with Gasteiger partial charge in [0.1, 0.15) is 11.5 Å². The van der Waals surface area contributed by atoms with Crippen molar-refractivity contribution in [2.45, 2.75) is 32.1 Å². The van der Waals surface area contributed by atoms with Gasteiger partial charge in [-0.1, -0.05) is 19.1 Å². The highest BCUT2D eigenvalue weighted by Gasteiger charge is 2.32. The van der Waals surface area contributed by atoms with Crippen molar-refractivity contribution >= 4 is 5.78 Å². The summed E-state index contributed by atoms with van der Waals surface area (Å²) < 4.78 is 5.50. The van der Waals surface area contributed by atoms with Crippen LogP contribution in [0, 0.1) is 5.92 Å². The van der Waals surface area contributed by atoms with Gasteiger partial charge in [0, 0.05) is 18.8 Å². The predicted octanol–water partition coefficient (Wildman–Crippen LogP) is 2.70. The van der Waals surface area contributed by atoms with E-state index in [1.54, 1.807) is 0 Å². The second kappa shape index (κ2) is 3.62. The summed E-state index contributed by atoms with van der Waals surface area (Å²) >= 11 is 0. The fraction of sp³-hybridized carbons (Fsp3) is 0.500. The van der Waals surface area contributed by atoms with Gasteiger partial charge in [-0.3, -0.25) is 4.79 Å². The van der Waals surface area contributed by atoms with E-state index >= 15 is 0 Å². The molecule has 1 saturated carbocycles. The van der Waals surface area contributed by atoms with E-state index in [0.29, 0.717) is 11.7 Å². The lowest BCUT2D eigenvalue weighted by Crippen LogP contribution is -2.08. The molecule has 2 nitrogen and oxygen atoms in total. The summed E-state index contributed by atoms with van der Waals surface area (Å²) in [5.41, 5.74) is 2.63. The maximum absolute atomic E-state index is 11.6. The summed E-state index contributed by atoms with van der Waals surface area (Å²) in [6.45, 7) is 2.86. The lowest BCUT2D eigenvalue weighted by atomic mass is 9.89. The number of ketones is 1. The molecule has 2 aliphatic rings. The Bertz CT molecular complexity index is 436. The van der Waals surface area contributed by atoms with Gasteiger partial charge in [0.05, 0.1) is 6.61 Å². The molecule has 0 radical (unpaired) electrons. The van der Waals surface area contributed by atoms with Gasteiger partial charge in [0.25, 0.3) is 0 Å². The average Bonchev–Trinajstić information content (AvgIpc) is 2.86. The van der Waals surface area contributed by atoms with E-state index < -0.39 is 0 Å². The van der Waals surface area contributed by atoms with E-state index in [-0.39, 0.29) is 5.92 Å². The highest BCUT2D eigenvalue weighted by Crippen LogP contribution is 2.39. The van der Waals surface area contributed by atoms with Crippen LogP contribution in [0.15, 0.2) is 18.2 Å². The molecular weight excluding hydrogens is 200 g/mol. The molecule has 1 aromatic carbocycles. The standard InChI is InChI=1S/C14H16O2/c1-9-12(3-4-13(9)15)10-2-5-14-11(8-10)6-7-16-14/h2,5,8-9,12H,3-4,6-7H2,1H3. The minimum atomic E-state index is 0.195. The van der Waals surface area contributed by atoms with Crippen molar-refractivity contribution in [2.24, 2.45) is 5.92 Å². The Kier molecular flexibility index (Phi) is 2.23. The van der Waals surface area contributed by atoms with Crippen LogP contribution in [-0.4, -0.2) is 12.4 Å². The van der Waals surface area contributed by atoms with Gasteiger partial charge in [-0.15, -0.1) is 0 Å². The first-order valence-corrected chi connectivity index (χ1v) is 6.04. The molecule has 1 aromatic rings. The van der Waals surface area contributed by atoms with Crippen LogP contribution in [0.2, 0.25) is 0 Å². The third-order valence-electron chi connectivity index (χ3n) is 3.95. The molecule has 2 unspecified atom stereocenters. The van der Waals surface area contributed by atoms with E-state index in [1.165, 1.54) is 11.1 Å². The zero-order valence-electron chi connectivity index (χ0n) is 9.53. The van der Waals surface area contributed by atoms with Gasteiger partial charge in [-0.05, 0) is 29.5 Å². The first-order chi connectivity index (χ1) is 7.75. The van der Waals surface area contributed by atoms with Gasteiger partial charge in [-0.2, -0.15) is 0 Å². The highest BCUT2D eigenvalue weighted by atomic mass is 16.5. The molecular formula is C14H16O2. The summed E-state index contributed by atoms with van der Waals surface area (Å²) in [6, 6.07) is 6.43. The SMILES string of the molecule is CC1C(=O)CCC1c1ccc2c(c1)CCO2. The number of carbonyl (C=O) groups is 1. The van der Waals surface area contributed by atoms with Crippen LogP contribution in [0.4, 0.5) is 0 Å². The molecule has 16 heavy (non-hydrogen) atoms. The number of hydrogen-bond acceptors (Lipinski definition) is 2. The Balaban J connectivity index is 1.93. The average molecular weight is 216 g/mol. The summed E-state index contributed by atoms with van der Waals surface area (Å²) in [6.07, 6.45) is 2.78. The number of ether oxygens (including phenoxy) is 1. The van der Waals surface area contributed by atoms with Gasteiger partial charge in [0.2, 0.25) is 0 Å². The van der Waals surface area contributed by atoms with Crippen molar-refractivity contribution in [3.05, 3.63) is 29.3 Å². The Morgan fingerprint density at radius 2 is 2.19 bits per heavy atom. The predicted molar refractivity (Wildman–Crippen MR) is 61.8 cm³/mol. The monoisotopic (exact) mass is 216 g/mol. The molecule has 0 saturated heterocycles. The molecule has 0 bridgehead atoms. The number of Topliss-reactive ketones (excluding diaryl/α,β-unsaturated/α-hetero) is 1. The van der Waals surface area contributed by atoms with Gasteiger partial charge in [-0.25, -0.2) is 0 Å². The molecule has 0 aromatic heterocycles. The molecule has 3 rings (SSSR count). The Morgan fingerprint density at radius 1 is 1.31 bits per heavy atom. The maximum atomic E-state index is 11.6. The van der Waals surface area contributed by atoms with E-state index in [0.717, 1.165) is 31.6 Å². The largest absolute Gasteiger partial charge is 0.493 e. The molecule has 1 heterocycles. The first-order valence-electron chi connectivity index (χ1n) is 6.04. The molecule has 2 heteroatoms. The number of rotatable bonds is 1. The number of benzene rings is 1. The van der Waals surface area contributed by atoms with Crippen LogP contribution >= 0.6 is 0 Å². The van der Waals surface area contributed by atoms with Crippen LogP contribution in [0.25, 0.3) is 0 Å². The van der Waals surface area contributed by atoms with Crippen molar-refractivity contribution in [1.29, 1.82) is 0 Å². The quantitative estimate of drug-likeness (QED) is 0.721.